The van der Waals surface area contributed by atoms with Crippen molar-refractivity contribution >= 4 is 29.6 Å². The first kappa shape index (κ1) is 23.1. The fourth-order valence-corrected chi connectivity index (χ4v) is 3.62. The van der Waals surface area contributed by atoms with Gasteiger partial charge in [-0.3, -0.25) is 5.32 Å². The number of hydrogen-bond donors (Lipinski definition) is 3. The molecule has 3 heterocycles. The zero-order valence-electron chi connectivity index (χ0n) is 17.9. The number of nitrogens with one attached hydrogen (secondary N) is 2. The molecule has 1 fully saturated rings. The molecule has 1 aliphatic rings. The number of allylic oxidation sites excluding steroid dienone is 1. The number of carbonyl (C=O) groups is 1. The summed E-state index contributed by atoms with van der Waals surface area (Å²) in [6.45, 7) is 3.48. The molecule has 0 aliphatic carbocycles. The van der Waals surface area contributed by atoms with E-state index < -0.39 is 17.8 Å². The molecule has 0 bridgehead atoms. The predicted molar refractivity (Wildman–Crippen MR) is 121 cm³/mol. The Kier molecular flexibility index (Phi) is 8.07. The molecule has 8 nitrogen and oxygen atoms in total. The van der Waals surface area contributed by atoms with E-state index in [0.717, 1.165) is 12.8 Å². The molecule has 1 saturated heterocycles. The summed E-state index contributed by atoms with van der Waals surface area (Å²) in [6.07, 6.45) is 7.88. The molecule has 2 aromatic heterocycles. The summed E-state index contributed by atoms with van der Waals surface area (Å²) in [5.41, 5.74) is 6.17. The minimum atomic E-state index is -0.573. The van der Waals surface area contributed by atoms with E-state index in [1.54, 1.807) is 25.1 Å². The van der Waals surface area contributed by atoms with Crippen molar-refractivity contribution in [3.63, 3.8) is 0 Å². The quantitative estimate of drug-likeness (QED) is 0.448. The van der Waals surface area contributed by atoms with Crippen molar-refractivity contribution < 1.29 is 13.6 Å². The van der Waals surface area contributed by atoms with Gasteiger partial charge in [-0.25, -0.2) is 19.2 Å². The van der Waals surface area contributed by atoms with Gasteiger partial charge in [0.25, 0.3) is 0 Å². The van der Waals surface area contributed by atoms with E-state index in [4.69, 9.17) is 5.73 Å². The first-order valence-corrected chi connectivity index (χ1v) is 10.5. The van der Waals surface area contributed by atoms with Crippen LogP contribution in [0.5, 0.6) is 0 Å². The van der Waals surface area contributed by atoms with E-state index in [0.29, 0.717) is 37.3 Å². The smallest absolute Gasteiger partial charge is 0.320 e. The molecule has 3 rings (SSSR count). The summed E-state index contributed by atoms with van der Waals surface area (Å²) < 4.78 is 29.3. The Bertz CT molecular complexity index is 988. The number of piperidine rings is 1. The average molecular weight is 444 g/mol. The van der Waals surface area contributed by atoms with Gasteiger partial charge in [-0.05, 0) is 68.1 Å². The van der Waals surface area contributed by atoms with E-state index in [1.165, 1.54) is 24.7 Å². The van der Waals surface area contributed by atoms with Crippen LogP contribution in [0.1, 0.15) is 25.3 Å². The molecule has 2 aromatic rings. The van der Waals surface area contributed by atoms with Gasteiger partial charge in [-0.15, -0.1) is 0 Å². The van der Waals surface area contributed by atoms with Gasteiger partial charge in [-0.1, -0.05) is 0 Å². The second kappa shape index (κ2) is 11.2. The maximum Gasteiger partial charge on any atom is 0.320 e. The highest BCUT2D eigenvalue weighted by Gasteiger charge is 2.24. The van der Waals surface area contributed by atoms with Crippen molar-refractivity contribution in [3.8, 4) is 0 Å². The van der Waals surface area contributed by atoms with E-state index in [2.05, 4.69) is 25.6 Å². The number of aromatic nitrogens is 2. The Morgan fingerprint density at radius 1 is 1.31 bits per heavy atom. The molecule has 0 atom stereocenters. The molecule has 0 aromatic carbocycles. The number of hydrogen-bond acceptors (Lipinski definition) is 6. The molecule has 0 saturated carbocycles. The highest BCUT2D eigenvalue weighted by molar-refractivity contribution is 5.88. The molecule has 4 N–H and O–H groups in total. The van der Waals surface area contributed by atoms with Gasteiger partial charge in [0, 0.05) is 32.0 Å². The summed E-state index contributed by atoms with van der Waals surface area (Å²) in [4.78, 5) is 25.4. The molecule has 1 aliphatic heterocycles. The topological polar surface area (TPSA) is 109 Å². The zero-order chi connectivity index (χ0) is 22.9. The SMILES string of the molecule is CCNC(=O)Nc1nccc(CC2CCN(c3ccc(N=C/C=C\N)nc3F)CC2)c1F. The summed E-state index contributed by atoms with van der Waals surface area (Å²) in [6, 6.07) is 4.46. The average Bonchev–Trinajstić information content (AvgIpc) is 2.78. The van der Waals surface area contributed by atoms with Crippen LogP contribution in [0.2, 0.25) is 0 Å². The highest BCUT2D eigenvalue weighted by atomic mass is 19.1. The second-order valence-corrected chi connectivity index (χ2v) is 7.39. The fourth-order valence-electron chi connectivity index (χ4n) is 3.62. The molecule has 0 unspecified atom stereocenters. The van der Waals surface area contributed by atoms with Crippen molar-refractivity contribution in [2.75, 3.05) is 29.9 Å². The van der Waals surface area contributed by atoms with Crippen LogP contribution >= 0.6 is 0 Å². The van der Waals surface area contributed by atoms with E-state index in [1.807, 2.05) is 4.90 Å². The lowest BCUT2D eigenvalue weighted by atomic mass is 9.90. The van der Waals surface area contributed by atoms with Crippen molar-refractivity contribution in [2.24, 2.45) is 16.6 Å². The first-order valence-electron chi connectivity index (χ1n) is 10.5. The van der Waals surface area contributed by atoms with Crippen LogP contribution in [0.25, 0.3) is 0 Å². The van der Waals surface area contributed by atoms with Crippen LogP contribution in [-0.4, -0.2) is 41.8 Å². The summed E-state index contributed by atoms with van der Waals surface area (Å²) in [7, 11) is 0. The van der Waals surface area contributed by atoms with Crippen molar-refractivity contribution in [1.29, 1.82) is 0 Å². The number of pyridine rings is 2. The minimum absolute atomic E-state index is 0.0799. The van der Waals surface area contributed by atoms with Crippen molar-refractivity contribution in [3.05, 3.63) is 54.0 Å². The van der Waals surface area contributed by atoms with Gasteiger partial charge in [0.1, 0.15) is 0 Å². The Morgan fingerprint density at radius 2 is 2.09 bits per heavy atom. The maximum absolute atomic E-state index is 14.8. The van der Waals surface area contributed by atoms with Gasteiger partial charge in [-0.2, -0.15) is 9.37 Å². The summed E-state index contributed by atoms with van der Waals surface area (Å²) >= 11 is 0. The van der Waals surface area contributed by atoms with Crippen LogP contribution in [0.4, 0.5) is 30.9 Å². The zero-order valence-corrected chi connectivity index (χ0v) is 17.9. The molecule has 170 valence electrons. The number of nitrogens with zero attached hydrogens (tertiary/aromatic N) is 4. The Hall–Kier alpha value is -3.56. The number of halogens is 2. The number of nitrogens with two attached hydrogens (primary N) is 1. The third-order valence-corrected chi connectivity index (χ3v) is 5.22. The van der Waals surface area contributed by atoms with E-state index in [9.17, 15) is 13.6 Å². The van der Waals surface area contributed by atoms with Gasteiger partial charge >= 0.3 is 6.03 Å². The van der Waals surface area contributed by atoms with Crippen LogP contribution in [0.3, 0.4) is 0 Å². The van der Waals surface area contributed by atoms with Crippen molar-refractivity contribution in [2.45, 2.75) is 26.2 Å². The van der Waals surface area contributed by atoms with E-state index >= 15 is 0 Å². The number of urea groups is 1. The number of rotatable bonds is 7. The van der Waals surface area contributed by atoms with Gasteiger partial charge < -0.3 is 16.0 Å². The normalized spacial score (nSPS) is 14.9. The molecule has 0 spiro atoms. The largest absolute Gasteiger partial charge is 0.405 e. The van der Waals surface area contributed by atoms with Gasteiger partial charge in [0.05, 0.1) is 5.69 Å². The Morgan fingerprint density at radius 3 is 2.78 bits per heavy atom. The minimum Gasteiger partial charge on any atom is -0.405 e. The van der Waals surface area contributed by atoms with E-state index in [-0.39, 0.29) is 17.6 Å². The van der Waals surface area contributed by atoms with Crippen LogP contribution in [0.15, 0.2) is 41.7 Å². The standard InChI is InChI=1S/C22H27F2N7O/c1-2-26-22(32)30-21-19(23)16(6-11-28-21)14-15-7-12-31(13-8-15)17-4-5-18(29-20(17)24)27-10-3-9-25/h3-6,9-11,15H,2,7-8,12-14,25H2,1H3,(H2,26,28,30,32)/b9-3-,27-10?. The van der Waals surface area contributed by atoms with Crippen LogP contribution < -0.4 is 21.3 Å². The third-order valence-electron chi connectivity index (χ3n) is 5.22. The number of carbonyl (C=O) groups excluding carboxylic acids is 1. The summed E-state index contributed by atoms with van der Waals surface area (Å²) in [5.74, 6) is -0.662. The number of anilines is 2. The second-order valence-electron chi connectivity index (χ2n) is 7.39. The molecule has 32 heavy (non-hydrogen) atoms. The lowest BCUT2D eigenvalue weighted by molar-refractivity contribution is 0.252. The monoisotopic (exact) mass is 443 g/mol. The molecule has 10 heteroatoms. The Labute approximate surface area is 185 Å². The first-order chi connectivity index (χ1) is 15.5. The maximum atomic E-state index is 14.8. The van der Waals surface area contributed by atoms with Crippen molar-refractivity contribution in [1.82, 2.24) is 15.3 Å². The van der Waals surface area contributed by atoms with Crippen LogP contribution in [-0.2, 0) is 6.42 Å². The highest BCUT2D eigenvalue weighted by Crippen LogP contribution is 2.29. The molecule has 0 radical (unpaired) electrons. The number of aliphatic imine (C=N–C) groups is 1. The Balaban J connectivity index is 1.59. The molecular formula is C22H27F2N7O. The predicted octanol–water partition coefficient (Wildman–Crippen LogP) is 3.53. The molecule has 2 amide bonds. The van der Waals surface area contributed by atoms with Gasteiger partial charge in [0.2, 0.25) is 5.95 Å². The fraction of sp³-hybridized carbons (Fsp3) is 0.364. The third kappa shape index (κ3) is 5.99. The summed E-state index contributed by atoms with van der Waals surface area (Å²) in [5, 5.41) is 4.98. The lowest BCUT2D eigenvalue weighted by Gasteiger charge is -2.33. The van der Waals surface area contributed by atoms with Gasteiger partial charge in [0.15, 0.2) is 17.5 Å². The van der Waals surface area contributed by atoms with Crippen LogP contribution in [0, 0.1) is 17.7 Å². The molecular weight excluding hydrogens is 416 g/mol. The number of amides is 2. The lowest BCUT2D eigenvalue weighted by Crippen LogP contribution is -2.35.